The third-order valence-corrected chi connectivity index (χ3v) is 16.0. The fourth-order valence-electron chi connectivity index (χ4n) is 9.62. The number of hydrogen-bond donors (Lipinski definition) is 0. The fourth-order valence-corrected chi connectivity index (χ4v) is 12.7. The largest absolute Gasteiger partial charge is 0.172 e. The van der Waals surface area contributed by atoms with Gasteiger partial charge in [-0.2, -0.15) is 17.5 Å². The summed E-state index contributed by atoms with van der Waals surface area (Å²) in [5.74, 6) is 0. The number of hydrogen-bond acceptors (Lipinski definition) is 8. The van der Waals surface area contributed by atoms with E-state index in [2.05, 4.69) is 113 Å². The fraction of sp³-hybridized carbons (Fsp3) is 0.373. The predicted molar refractivity (Wildman–Crippen MR) is 258 cm³/mol. The van der Waals surface area contributed by atoms with Crippen LogP contribution >= 0.6 is 46.1 Å². The molecule has 302 valence electrons. The molecule has 0 saturated carbocycles. The first-order chi connectivity index (χ1) is 29.0. The SMILES string of the molecule is CCCCCCCCC1(CCCCCCCC)c2cc(C)ccc2-c2ccc(-c3ccc(-c4ccc(-c5ccc(-c6ccc(C)s6)c6nsnc56)s4)c4nsnc34)cc21. The molecule has 0 saturated heterocycles. The van der Waals surface area contributed by atoms with Crippen LogP contribution in [0.4, 0.5) is 0 Å². The number of benzene rings is 4. The van der Waals surface area contributed by atoms with Gasteiger partial charge in [0.05, 0.1) is 23.5 Å². The van der Waals surface area contributed by atoms with Gasteiger partial charge in [-0.1, -0.05) is 151 Å². The molecule has 4 aromatic carbocycles. The van der Waals surface area contributed by atoms with Crippen LogP contribution in [0.2, 0.25) is 0 Å². The molecule has 0 aliphatic heterocycles. The Kier molecular flexibility index (Phi) is 12.2. The van der Waals surface area contributed by atoms with Crippen LogP contribution in [0.15, 0.2) is 84.9 Å². The Morgan fingerprint density at radius 3 is 1.41 bits per heavy atom. The lowest BCUT2D eigenvalue weighted by atomic mass is 9.70. The molecule has 8 aromatic rings. The Morgan fingerprint density at radius 2 is 0.864 bits per heavy atom. The zero-order chi connectivity index (χ0) is 40.3. The Hall–Kier alpha value is -4.08. The molecular formula is C51H54N4S4. The van der Waals surface area contributed by atoms with Crippen molar-refractivity contribution in [3.63, 3.8) is 0 Å². The number of aromatic nitrogens is 4. The Bertz CT molecular complexity index is 2700. The lowest BCUT2D eigenvalue weighted by molar-refractivity contribution is 0.398. The van der Waals surface area contributed by atoms with Crippen molar-refractivity contribution in [1.82, 2.24) is 17.5 Å². The number of rotatable bonds is 18. The van der Waals surface area contributed by atoms with Gasteiger partial charge < -0.3 is 0 Å². The lowest BCUT2D eigenvalue weighted by Gasteiger charge is -2.33. The maximum absolute atomic E-state index is 4.99. The van der Waals surface area contributed by atoms with E-state index in [1.165, 1.54) is 166 Å². The molecule has 0 amide bonds. The van der Waals surface area contributed by atoms with Gasteiger partial charge in [-0.3, -0.25) is 0 Å². The van der Waals surface area contributed by atoms with Gasteiger partial charge in [0.1, 0.15) is 22.1 Å². The third-order valence-electron chi connectivity index (χ3n) is 12.7. The standard InChI is InChI=1S/C51H54N4S4/c1-5-7-9-11-13-15-29-51(30-16-14-12-10-8-6-2)42-31-33(3)17-20-37(42)38-21-19-35(32-43(38)51)36-22-23-40(48-47(36)52-58-53-48)45-27-28-46(57-45)41-25-24-39(44-26-18-34(4)56-44)49-50(41)55-59-54-49/h17-28,31-32H,5-16,29-30H2,1-4H3. The molecule has 59 heavy (non-hydrogen) atoms. The Balaban J connectivity index is 1.06. The van der Waals surface area contributed by atoms with E-state index in [0.29, 0.717) is 0 Å². The molecule has 1 aliphatic rings. The lowest BCUT2D eigenvalue weighted by Crippen LogP contribution is -2.25. The summed E-state index contributed by atoms with van der Waals surface area (Å²) in [5.41, 5.74) is 17.2. The monoisotopic (exact) mass is 850 g/mol. The summed E-state index contributed by atoms with van der Waals surface area (Å²) in [4.78, 5) is 4.92. The quantitative estimate of drug-likeness (QED) is 0.0807. The Morgan fingerprint density at radius 1 is 0.424 bits per heavy atom. The molecule has 4 aromatic heterocycles. The first-order valence-electron chi connectivity index (χ1n) is 21.9. The van der Waals surface area contributed by atoms with E-state index in [4.69, 9.17) is 17.5 Å². The molecule has 8 heteroatoms. The van der Waals surface area contributed by atoms with Crippen molar-refractivity contribution in [2.75, 3.05) is 0 Å². The van der Waals surface area contributed by atoms with E-state index >= 15 is 0 Å². The Labute approximate surface area is 366 Å². The van der Waals surface area contributed by atoms with Gasteiger partial charge in [-0.05, 0) is 84.8 Å². The molecular weight excluding hydrogens is 797 g/mol. The summed E-state index contributed by atoms with van der Waals surface area (Å²) in [6.45, 7) is 9.06. The molecule has 0 fully saturated rings. The van der Waals surface area contributed by atoms with Crippen molar-refractivity contribution in [2.45, 2.75) is 123 Å². The summed E-state index contributed by atoms with van der Waals surface area (Å²) in [5, 5.41) is 0. The minimum Gasteiger partial charge on any atom is -0.172 e. The van der Waals surface area contributed by atoms with Crippen LogP contribution in [-0.2, 0) is 5.41 Å². The molecule has 0 radical (unpaired) electrons. The van der Waals surface area contributed by atoms with E-state index in [1.807, 2.05) is 0 Å². The molecule has 0 unspecified atom stereocenters. The normalized spacial score (nSPS) is 13.2. The van der Waals surface area contributed by atoms with Crippen molar-refractivity contribution in [3.05, 3.63) is 106 Å². The highest BCUT2D eigenvalue weighted by Gasteiger charge is 2.42. The molecule has 1 aliphatic carbocycles. The highest BCUT2D eigenvalue weighted by atomic mass is 32.1. The van der Waals surface area contributed by atoms with Gasteiger partial charge in [0.2, 0.25) is 0 Å². The number of nitrogens with zero attached hydrogens (tertiary/aromatic N) is 4. The van der Waals surface area contributed by atoms with E-state index in [9.17, 15) is 0 Å². The maximum atomic E-state index is 4.99. The number of fused-ring (bicyclic) bond motifs is 5. The van der Waals surface area contributed by atoms with Crippen LogP contribution in [0, 0.1) is 13.8 Å². The number of aryl methyl sites for hydroxylation is 2. The van der Waals surface area contributed by atoms with Gasteiger partial charge in [-0.25, -0.2) is 0 Å². The summed E-state index contributed by atoms with van der Waals surface area (Å²) >= 11 is 6.22. The summed E-state index contributed by atoms with van der Waals surface area (Å²) in [6, 6.07) is 32.5. The second kappa shape index (κ2) is 17.9. The summed E-state index contributed by atoms with van der Waals surface area (Å²) in [6.07, 6.45) is 18.3. The molecule has 0 bridgehead atoms. The van der Waals surface area contributed by atoms with Gasteiger partial charge >= 0.3 is 0 Å². The van der Waals surface area contributed by atoms with Crippen LogP contribution in [-0.4, -0.2) is 17.5 Å². The van der Waals surface area contributed by atoms with Gasteiger partial charge in [0.25, 0.3) is 0 Å². The van der Waals surface area contributed by atoms with Gasteiger partial charge in [0, 0.05) is 47.2 Å². The van der Waals surface area contributed by atoms with Crippen LogP contribution in [0.1, 0.15) is 125 Å². The summed E-state index contributed by atoms with van der Waals surface area (Å²) < 4.78 is 19.5. The highest BCUT2D eigenvalue weighted by Crippen LogP contribution is 2.55. The van der Waals surface area contributed by atoms with E-state index < -0.39 is 0 Å². The van der Waals surface area contributed by atoms with E-state index in [0.717, 1.165) is 38.8 Å². The molecule has 0 N–H and O–H groups in total. The average Bonchev–Trinajstić information content (AvgIpc) is 4.11. The van der Waals surface area contributed by atoms with Crippen molar-refractivity contribution in [2.24, 2.45) is 0 Å². The van der Waals surface area contributed by atoms with Crippen LogP contribution in [0.5, 0.6) is 0 Å². The molecule has 9 rings (SSSR count). The maximum Gasteiger partial charge on any atom is 0.114 e. The first kappa shape index (κ1) is 40.3. The number of thiophene rings is 2. The minimum absolute atomic E-state index is 0.0358. The number of unbranched alkanes of at least 4 members (excludes halogenated alkanes) is 10. The molecule has 0 atom stereocenters. The highest BCUT2D eigenvalue weighted by molar-refractivity contribution is 7.19. The molecule has 4 nitrogen and oxygen atoms in total. The topological polar surface area (TPSA) is 51.6 Å². The van der Waals surface area contributed by atoms with E-state index in [1.54, 1.807) is 28.2 Å². The first-order valence-corrected chi connectivity index (χ1v) is 25.0. The van der Waals surface area contributed by atoms with Gasteiger partial charge in [0.15, 0.2) is 0 Å². The van der Waals surface area contributed by atoms with Crippen molar-refractivity contribution < 1.29 is 0 Å². The van der Waals surface area contributed by atoms with Crippen LogP contribution < -0.4 is 0 Å². The smallest absolute Gasteiger partial charge is 0.114 e. The zero-order valence-electron chi connectivity index (χ0n) is 34.9. The van der Waals surface area contributed by atoms with Crippen LogP contribution in [0.25, 0.3) is 75.6 Å². The minimum atomic E-state index is 0.0358. The third kappa shape index (κ3) is 7.87. The summed E-state index contributed by atoms with van der Waals surface area (Å²) in [7, 11) is 0. The van der Waals surface area contributed by atoms with Crippen molar-refractivity contribution in [1.29, 1.82) is 0 Å². The zero-order valence-corrected chi connectivity index (χ0v) is 38.2. The van der Waals surface area contributed by atoms with Gasteiger partial charge in [-0.15, -0.1) is 22.7 Å². The predicted octanol–water partition coefficient (Wildman–Crippen LogP) is 16.9. The second-order valence-corrected chi connectivity index (χ2v) is 20.2. The molecule has 4 heterocycles. The van der Waals surface area contributed by atoms with Crippen LogP contribution in [0.3, 0.4) is 0 Å². The van der Waals surface area contributed by atoms with Crippen molar-refractivity contribution >= 4 is 68.2 Å². The molecule has 0 spiro atoms. The van der Waals surface area contributed by atoms with Crippen molar-refractivity contribution in [3.8, 4) is 53.6 Å². The second-order valence-electron chi connectivity index (χ2n) is 16.7. The average molecular weight is 851 g/mol. The van der Waals surface area contributed by atoms with E-state index in [-0.39, 0.29) is 5.41 Å².